The van der Waals surface area contributed by atoms with E-state index in [1.807, 2.05) is 38.1 Å². The second-order valence-electron chi connectivity index (χ2n) is 5.09. The molecule has 2 aromatic carbocycles. The minimum absolute atomic E-state index is 0.106. The van der Waals surface area contributed by atoms with Gasteiger partial charge in [0.25, 0.3) is 0 Å². The molecule has 0 atom stereocenters. The first kappa shape index (κ1) is 16.8. The molecule has 0 saturated carbocycles. The fraction of sp³-hybridized carbons (Fsp3) is 0.250. The van der Waals surface area contributed by atoms with Crippen LogP contribution in [0.25, 0.3) is 0 Å². The van der Waals surface area contributed by atoms with Crippen molar-refractivity contribution in [1.82, 2.24) is 4.72 Å². The third-order valence-electron chi connectivity index (χ3n) is 2.89. The van der Waals surface area contributed by atoms with Crippen molar-refractivity contribution >= 4 is 21.6 Å². The molecule has 0 fully saturated rings. The third-order valence-corrected chi connectivity index (χ3v) is 4.55. The van der Waals surface area contributed by atoms with E-state index < -0.39 is 10.0 Å². The molecule has 0 aliphatic rings. The van der Waals surface area contributed by atoms with Crippen LogP contribution >= 0.6 is 11.6 Å². The molecule has 0 spiro atoms. The Kier molecular flexibility index (Phi) is 5.45. The van der Waals surface area contributed by atoms with E-state index in [2.05, 4.69) is 4.72 Å². The van der Waals surface area contributed by atoms with Gasteiger partial charge in [0.05, 0.1) is 11.0 Å². The second kappa shape index (κ2) is 7.13. The molecule has 1 N–H and O–H groups in total. The van der Waals surface area contributed by atoms with E-state index in [1.165, 1.54) is 12.1 Å². The van der Waals surface area contributed by atoms with Crippen molar-refractivity contribution in [2.45, 2.75) is 31.4 Å². The summed E-state index contributed by atoms with van der Waals surface area (Å²) >= 11 is 5.76. The minimum atomic E-state index is -3.54. The summed E-state index contributed by atoms with van der Waals surface area (Å²) in [6.45, 7) is 4.12. The van der Waals surface area contributed by atoms with Gasteiger partial charge in [0.15, 0.2) is 0 Å². The van der Waals surface area contributed by atoms with Crippen LogP contribution in [0.15, 0.2) is 53.4 Å². The first-order chi connectivity index (χ1) is 10.4. The van der Waals surface area contributed by atoms with Gasteiger partial charge >= 0.3 is 0 Å². The van der Waals surface area contributed by atoms with E-state index in [0.29, 0.717) is 5.02 Å². The topological polar surface area (TPSA) is 55.4 Å². The molecule has 118 valence electrons. The van der Waals surface area contributed by atoms with Gasteiger partial charge in [0.2, 0.25) is 10.0 Å². The van der Waals surface area contributed by atoms with Crippen LogP contribution in [0.5, 0.6) is 5.75 Å². The van der Waals surface area contributed by atoms with Crippen LogP contribution in [0.2, 0.25) is 5.02 Å². The van der Waals surface area contributed by atoms with E-state index in [4.69, 9.17) is 16.3 Å². The van der Waals surface area contributed by atoms with E-state index >= 15 is 0 Å². The average molecular weight is 340 g/mol. The predicted molar refractivity (Wildman–Crippen MR) is 87.7 cm³/mol. The van der Waals surface area contributed by atoms with Crippen LogP contribution in [-0.4, -0.2) is 14.5 Å². The fourth-order valence-corrected chi connectivity index (χ4v) is 2.98. The Balaban J connectivity index is 2.01. The molecule has 0 aliphatic heterocycles. The fourth-order valence-electron chi connectivity index (χ4n) is 1.83. The van der Waals surface area contributed by atoms with Crippen molar-refractivity contribution in [3.05, 3.63) is 59.1 Å². The summed E-state index contributed by atoms with van der Waals surface area (Å²) in [4.78, 5) is 0.191. The number of sulfonamides is 1. The molecule has 0 unspecified atom stereocenters. The average Bonchev–Trinajstić information content (AvgIpc) is 2.46. The molecule has 0 aromatic heterocycles. The molecule has 0 saturated heterocycles. The molecular weight excluding hydrogens is 322 g/mol. The Labute approximate surface area is 136 Å². The van der Waals surface area contributed by atoms with Crippen LogP contribution in [0.3, 0.4) is 0 Å². The van der Waals surface area contributed by atoms with Crippen molar-refractivity contribution in [3.8, 4) is 5.75 Å². The lowest BCUT2D eigenvalue weighted by Crippen LogP contribution is -2.23. The molecular formula is C16H18ClNO3S. The van der Waals surface area contributed by atoms with E-state index in [9.17, 15) is 8.42 Å². The molecule has 0 aliphatic carbocycles. The Morgan fingerprint density at radius 2 is 1.64 bits per heavy atom. The van der Waals surface area contributed by atoms with Gasteiger partial charge in [-0.1, -0.05) is 23.7 Å². The van der Waals surface area contributed by atoms with Crippen molar-refractivity contribution in [2.75, 3.05) is 0 Å². The summed E-state index contributed by atoms with van der Waals surface area (Å²) in [7, 11) is -3.54. The highest BCUT2D eigenvalue weighted by Gasteiger charge is 2.13. The zero-order valence-corrected chi connectivity index (χ0v) is 14.0. The van der Waals surface area contributed by atoms with E-state index in [0.717, 1.165) is 11.3 Å². The summed E-state index contributed by atoms with van der Waals surface area (Å²) in [6.07, 6.45) is 0.106. The summed E-state index contributed by atoms with van der Waals surface area (Å²) in [5.74, 6) is 0.763. The first-order valence-electron chi connectivity index (χ1n) is 6.87. The lowest BCUT2D eigenvalue weighted by atomic mass is 10.2. The summed E-state index contributed by atoms with van der Waals surface area (Å²) < 4.78 is 32.4. The van der Waals surface area contributed by atoms with Crippen molar-refractivity contribution < 1.29 is 13.2 Å². The highest BCUT2D eigenvalue weighted by Crippen LogP contribution is 2.16. The molecule has 0 heterocycles. The SMILES string of the molecule is CC(C)Oc1ccc(CNS(=O)(=O)c2ccc(Cl)cc2)cc1. The standard InChI is InChI=1S/C16H18ClNO3S/c1-12(2)21-15-7-3-13(4-8-15)11-18-22(19,20)16-9-5-14(17)6-10-16/h3-10,12,18H,11H2,1-2H3. The molecule has 2 aromatic rings. The zero-order chi connectivity index (χ0) is 16.2. The number of rotatable bonds is 6. The Morgan fingerprint density at radius 3 is 2.18 bits per heavy atom. The number of hydrogen-bond acceptors (Lipinski definition) is 3. The summed E-state index contributed by atoms with van der Waals surface area (Å²) in [5.41, 5.74) is 0.855. The molecule has 0 bridgehead atoms. The largest absolute Gasteiger partial charge is 0.491 e. The summed E-state index contributed by atoms with van der Waals surface area (Å²) in [5, 5.41) is 0.500. The van der Waals surface area contributed by atoms with Gasteiger partial charge < -0.3 is 4.74 Å². The molecule has 2 rings (SSSR count). The number of halogens is 1. The van der Waals surface area contributed by atoms with E-state index in [1.54, 1.807) is 12.1 Å². The minimum Gasteiger partial charge on any atom is -0.491 e. The number of benzene rings is 2. The molecule has 22 heavy (non-hydrogen) atoms. The maximum Gasteiger partial charge on any atom is 0.240 e. The molecule has 0 radical (unpaired) electrons. The van der Waals surface area contributed by atoms with Gasteiger partial charge in [-0.25, -0.2) is 13.1 Å². The lowest BCUT2D eigenvalue weighted by molar-refractivity contribution is 0.242. The van der Waals surface area contributed by atoms with Crippen molar-refractivity contribution in [1.29, 1.82) is 0 Å². The normalized spacial score (nSPS) is 11.6. The highest BCUT2D eigenvalue weighted by molar-refractivity contribution is 7.89. The van der Waals surface area contributed by atoms with Crippen LogP contribution < -0.4 is 9.46 Å². The Bertz CT molecular complexity index is 710. The van der Waals surface area contributed by atoms with Crippen LogP contribution in [0.1, 0.15) is 19.4 Å². The first-order valence-corrected chi connectivity index (χ1v) is 8.74. The Morgan fingerprint density at radius 1 is 1.05 bits per heavy atom. The quantitative estimate of drug-likeness (QED) is 0.874. The number of nitrogens with one attached hydrogen (secondary N) is 1. The second-order valence-corrected chi connectivity index (χ2v) is 7.29. The molecule has 6 heteroatoms. The number of hydrogen-bond donors (Lipinski definition) is 1. The Hall–Kier alpha value is -1.56. The summed E-state index contributed by atoms with van der Waals surface area (Å²) in [6, 6.07) is 13.4. The molecule has 4 nitrogen and oxygen atoms in total. The van der Waals surface area contributed by atoms with Gasteiger partial charge in [-0.2, -0.15) is 0 Å². The lowest BCUT2D eigenvalue weighted by Gasteiger charge is -2.11. The van der Waals surface area contributed by atoms with Crippen LogP contribution in [-0.2, 0) is 16.6 Å². The maximum atomic E-state index is 12.2. The smallest absolute Gasteiger partial charge is 0.240 e. The van der Waals surface area contributed by atoms with Crippen LogP contribution in [0.4, 0.5) is 0 Å². The van der Waals surface area contributed by atoms with Crippen molar-refractivity contribution in [2.24, 2.45) is 0 Å². The van der Waals surface area contributed by atoms with Gasteiger partial charge in [0.1, 0.15) is 5.75 Å². The van der Waals surface area contributed by atoms with Gasteiger partial charge in [0, 0.05) is 11.6 Å². The highest BCUT2D eigenvalue weighted by atomic mass is 35.5. The van der Waals surface area contributed by atoms with Crippen molar-refractivity contribution in [3.63, 3.8) is 0 Å². The monoisotopic (exact) mass is 339 g/mol. The van der Waals surface area contributed by atoms with Crippen LogP contribution in [0, 0.1) is 0 Å². The van der Waals surface area contributed by atoms with Gasteiger partial charge in [-0.3, -0.25) is 0 Å². The van der Waals surface area contributed by atoms with Gasteiger partial charge in [-0.15, -0.1) is 0 Å². The number of ether oxygens (including phenoxy) is 1. The van der Waals surface area contributed by atoms with Gasteiger partial charge in [-0.05, 0) is 55.8 Å². The zero-order valence-electron chi connectivity index (χ0n) is 12.4. The van der Waals surface area contributed by atoms with E-state index in [-0.39, 0.29) is 17.5 Å². The molecule has 0 amide bonds. The maximum absolute atomic E-state index is 12.2. The predicted octanol–water partition coefficient (Wildman–Crippen LogP) is 3.61. The third kappa shape index (κ3) is 4.73.